The fourth-order valence-corrected chi connectivity index (χ4v) is 2.55. The van der Waals surface area contributed by atoms with Gasteiger partial charge in [-0.2, -0.15) is 0 Å². The van der Waals surface area contributed by atoms with E-state index >= 15 is 0 Å². The van der Waals surface area contributed by atoms with E-state index in [1.165, 1.54) is 0 Å². The van der Waals surface area contributed by atoms with Gasteiger partial charge in [0.25, 0.3) is 0 Å². The van der Waals surface area contributed by atoms with Gasteiger partial charge < -0.3 is 0 Å². The van der Waals surface area contributed by atoms with Crippen molar-refractivity contribution in [1.82, 2.24) is 18.9 Å². The average molecular weight is 248 g/mol. The third kappa shape index (κ3) is 1.40. The Morgan fingerprint density at radius 2 is 1.89 bits per heavy atom. The summed E-state index contributed by atoms with van der Waals surface area (Å²) in [5, 5.41) is 0. The number of rotatable bonds is 1. The summed E-state index contributed by atoms with van der Waals surface area (Å²) in [6.07, 6.45) is 3.78. The van der Waals surface area contributed by atoms with E-state index in [1.807, 2.05) is 49.6 Å². The van der Waals surface area contributed by atoms with E-state index < -0.39 is 0 Å². The monoisotopic (exact) mass is 248 g/mol. The lowest BCUT2D eigenvalue weighted by Crippen LogP contribution is -2.03. The molecule has 3 aromatic heterocycles. The molecule has 0 saturated heterocycles. The van der Waals surface area contributed by atoms with E-state index in [2.05, 4.69) is 31.1 Å². The van der Waals surface area contributed by atoms with Crippen molar-refractivity contribution in [2.45, 2.75) is 6.92 Å². The maximum absolute atomic E-state index is 4.61. The maximum atomic E-state index is 4.61. The molecule has 92 valence electrons. The molecule has 0 unspecified atom stereocenters. The quantitative estimate of drug-likeness (QED) is 0.519. The summed E-state index contributed by atoms with van der Waals surface area (Å²) in [6, 6.07) is 14.3. The second kappa shape index (κ2) is 3.68. The summed E-state index contributed by atoms with van der Waals surface area (Å²) in [7, 11) is 0. The molecule has 0 aliphatic heterocycles. The molecule has 0 spiro atoms. The molecule has 0 saturated carbocycles. The predicted molar refractivity (Wildman–Crippen MR) is 74.6 cm³/mol. The second-order valence-electron chi connectivity index (χ2n) is 4.52. The van der Waals surface area contributed by atoms with Crippen molar-refractivity contribution in [3.63, 3.8) is 0 Å². The normalized spacial score (nSPS) is 11.4. The van der Waals surface area contributed by atoms with Crippen LogP contribution in [0.5, 0.6) is 0 Å². The number of hydrogen-bond acceptors (Lipinski definition) is 2. The molecule has 0 N–H and O–H groups in total. The van der Waals surface area contributed by atoms with Gasteiger partial charge in [0, 0.05) is 12.4 Å². The lowest BCUT2D eigenvalue weighted by Gasteiger charge is -2.09. The van der Waals surface area contributed by atoms with E-state index in [-0.39, 0.29) is 0 Å². The van der Waals surface area contributed by atoms with Gasteiger partial charge in [-0.1, -0.05) is 18.2 Å². The van der Waals surface area contributed by atoms with Crippen molar-refractivity contribution in [3.05, 3.63) is 60.7 Å². The third-order valence-corrected chi connectivity index (χ3v) is 3.36. The van der Waals surface area contributed by atoms with Crippen molar-refractivity contribution in [2.75, 3.05) is 0 Å². The first-order valence-electron chi connectivity index (χ1n) is 6.21. The molecule has 0 fully saturated rings. The minimum Gasteiger partial charge on any atom is -0.285 e. The molecule has 19 heavy (non-hydrogen) atoms. The molecule has 0 amide bonds. The fraction of sp³-hybridized carbons (Fsp3) is 0.0667. The molecule has 0 aliphatic rings. The summed E-state index contributed by atoms with van der Waals surface area (Å²) >= 11 is 0. The largest absolute Gasteiger partial charge is 0.285 e. The fourth-order valence-electron chi connectivity index (χ4n) is 2.55. The molecule has 3 heterocycles. The first-order chi connectivity index (χ1) is 9.34. The molecular formula is C15H12N4. The van der Waals surface area contributed by atoms with Crippen LogP contribution in [0.15, 0.2) is 54.9 Å². The molecule has 0 atom stereocenters. The minimum atomic E-state index is 0.940. The Morgan fingerprint density at radius 1 is 1.00 bits per heavy atom. The Morgan fingerprint density at radius 3 is 2.84 bits per heavy atom. The van der Waals surface area contributed by atoms with E-state index in [9.17, 15) is 0 Å². The summed E-state index contributed by atoms with van der Waals surface area (Å²) < 4.78 is 4.23. The van der Waals surface area contributed by atoms with Gasteiger partial charge in [0.05, 0.1) is 11.0 Å². The zero-order valence-electron chi connectivity index (χ0n) is 10.5. The highest BCUT2D eigenvalue weighted by molar-refractivity contribution is 5.78. The molecule has 4 heteroatoms. The molecule has 0 bridgehead atoms. The Bertz CT molecular complexity index is 885. The molecule has 4 aromatic rings. The highest BCUT2D eigenvalue weighted by atomic mass is 15.2. The first kappa shape index (κ1) is 10.3. The zero-order chi connectivity index (χ0) is 12.8. The van der Waals surface area contributed by atoms with Crippen LogP contribution in [0.25, 0.3) is 22.5 Å². The molecule has 0 aliphatic carbocycles. The van der Waals surface area contributed by atoms with Crippen LogP contribution in [0.2, 0.25) is 0 Å². The Balaban J connectivity index is 2.15. The molecule has 4 nitrogen and oxygen atoms in total. The summed E-state index contributed by atoms with van der Waals surface area (Å²) in [6.45, 7) is 2.02. The standard InChI is InChI=1S/C15H12N4/c1-11-17-12-5-2-3-6-13(12)19(11)15-8-4-7-14-16-9-10-18(14)15/h2-10H,1H3. The van der Waals surface area contributed by atoms with Gasteiger partial charge in [-0.3, -0.25) is 8.97 Å². The van der Waals surface area contributed by atoms with Crippen molar-refractivity contribution in [2.24, 2.45) is 0 Å². The predicted octanol–water partition coefficient (Wildman–Crippen LogP) is 2.98. The lowest BCUT2D eigenvalue weighted by atomic mass is 10.3. The number of benzene rings is 1. The Kier molecular flexibility index (Phi) is 2.00. The van der Waals surface area contributed by atoms with Gasteiger partial charge >= 0.3 is 0 Å². The van der Waals surface area contributed by atoms with E-state index in [0.717, 1.165) is 28.3 Å². The van der Waals surface area contributed by atoms with Gasteiger partial charge in [-0.25, -0.2) is 9.97 Å². The number of fused-ring (bicyclic) bond motifs is 2. The van der Waals surface area contributed by atoms with Crippen molar-refractivity contribution < 1.29 is 0 Å². The maximum Gasteiger partial charge on any atom is 0.138 e. The second-order valence-corrected chi connectivity index (χ2v) is 4.52. The van der Waals surface area contributed by atoms with Gasteiger partial charge in [-0.15, -0.1) is 0 Å². The van der Waals surface area contributed by atoms with E-state index in [0.29, 0.717) is 0 Å². The van der Waals surface area contributed by atoms with Crippen LogP contribution in [-0.2, 0) is 0 Å². The first-order valence-corrected chi connectivity index (χ1v) is 6.21. The zero-order valence-corrected chi connectivity index (χ0v) is 10.5. The van der Waals surface area contributed by atoms with Crippen LogP contribution < -0.4 is 0 Å². The number of para-hydroxylation sites is 2. The Labute approximate surface area is 110 Å². The van der Waals surface area contributed by atoms with Crippen LogP contribution in [0.3, 0.4) is 0 Å². The summed E-state index contributed by atoms with van der Waals surface area (Å²) in [4.78, 5) is 8.94. The molecule has 0 radical (unpaired) electrons. The minimum absolute atomic E-state index is 0.940. The topological polar surface area (TPSA) is 35.1 Å². The van der Waals surface area contributed by atoms with Crippen LogP contribution in [-0.4, -0.2) is 18.9 Å². The van der Waals surface area contributed by atoms with Crippen molar-refractivity contribution in [3.8, 4) is 5.82 Å². The van der Waals surface area contributed by atoms with E-state index in [1.54, 1.807) is 0 Å². The number of nitrogens with zero attached hydrogens (tertiary/aromatic N) is 4. The van der Waals surface area contributed by atoms with Gasteiger partial charge in [0.2, 0.25) is 0 Å². The number of aromatic nitrogens is 4. The molecular weight excluding hydrogens is 236 g/mol. The van der Waals surface area contributed by atoms with Crippen LogP contribution in [0.1, 0.15) is 5.82 Å². The number of hydrogen-bond donors (Lipinski definition) is 0. The number of pyridine rings is 1. The number of imidazole rings is 2. The number of aryl methyl sites for hydroxylation is 1. The molecule has 4 rings (SSSR count). The SMILES string of the molecule is Cc1nc2ccccc2n1-c1cccc2nccn12. The average Bonchev–Trinajstić information content (AvgIpc) is 3.01. The van der Waals surface area contributed by atoms with E-state index in [4.69, 9.17) is 0 Å². The highest BCUT2D eigenvalue weighted by Gasteiger charge is 2.10. The third-order valence-electron chi connectivity index (χ3n) is 3.36. The van der Waals surface area contributed by atoms with Gasteiger partial charge in [0.1, 0.15) is 17.3 Å². The van der Waals surface area contributed by atoms with Crippen LogP contribution in [0, 0.1) is 6.92 Å². The summed E-state index contributed by atoms with van der Waals surface area (Å²) in [5.74, 6) is 2.03. The van der Waals surface area contributed by atoms with Gasteiger partial charge in [-0.05, 0) is 31.2 Å². The Hall–Kier alpha value is -2.62. The van der Waals surface area contributed by atoms with Crippen molar-refractivity contribution in [1.29, 1.82) is 0 Å². The molecule has 1 aromatic carbocycles. The highest BCUT2D eigenvalue weighted by Crippen LogP contribution is 2.21. The van der Waals surface area contributed by atoms with Crippen molar-refractivity contribution >= 4 is 16.7 Å². The summed E-state index contributed by atoms with van der Waals surface area (Å²) in [5.41, 5.74) is 3.06. The van der Waals surface area contributed by atoms with Crippen LogP contribution >= 0.6 is 0 Å². The lowest BCUT2D eigenvalue weighted by molar-refractivity contribution is 0.930. The van der Waals surface area contributed by atoms with Crippen LogP contribution in [0.4, 0.5) is 0 Å². The van der Waals surface area contributed by atoms with Gasteiger partial charge in [0.15, 0.2) is 0 Å². The smallest absolute Gasteiger partial charge is 0.138 e.